The number of phenolic OH excluding ortho intramolecular Hbond substituents is 1. The van der Waals surface area contributed by atoms with Gasteiger partial charge in [-0.05, 0) is 36.4 Å². The maximum atomic E-state index is 13.3. The van der Waals surface area contributed by atoms with Crippen LogP contribution in [0.15, 0.2) is 41.3 Å². The summed E-state index contributed by atoms with van der Waals surface area (Å²) in [5.41, 5.74) is 0.0495. The van der Waals surface area contributed by atoms with Crippen molar-refractivity contribution in [3.63, 3.8) is 0 Å². The Kier molecular flexibility index (Phi) is 4.02. The molecule has 2 aromatic rings. The molecule has 0 aromatic heterocycles. The Morgan fingerprint density at radius 3 is 2.38 bits per heavy atom. The molecule has 0 unspecified atom stereocenters. The number of hydrogen-bond acceptors (Lipinski definition) is 4. The van der Waals surface area contributed by atoms with Crippen LogP contribution < -0.4 is 0 Å². The van der Waals surface area contributed by atoms with Crippen LogP contribution in [-0.4, -0.2) is 25.6 Å². The third-order valence-corrected chi connectivity index (χ3v) is 4.25. The molecule has 0 saturated carbocycles. The van der Waals surface area contributed by atoms with E-state index >= 15 is 0 Å². The zero-order chi connectivity index (χ0) is 15.8. The largest absolute Gasteiger partial charge is 0.505 e. The molecule has 4 nitrogen and oxygen atoms in total. The maximum Gasteiger partial charge on any atom is 0.194 e. The predicted molar refractivity (Wildman–Crippen MR) is 76.1 cm³/mol. The number of carbonyl (C=O) groups is 1. The van der Waals surface area contributed by atoms with Gasteiger partial charge in [0, 0.05) is 17.4 Å². The highest BCUT2D eigenvalue weighted by molar-refractivity contribution is 7.90. The van der Waals surface area contributed by atoms with Crippen molar-refractivity contribution in [3.8, 4) is 5.75 Å². The topological polar surface area (TPSA) is 71.4 Å². The Bertz CT molecular complexity index is 831. The molecule has 1 N–H and O–H groups in total. The number of aromatic hydroxyl groups is 1. The van der Waals surface area contributed by atoms with Crippen LogP contribution in [0.3, 0.4) is 0 Å². The van der Waals surface area contributed by atoms with E-state index < -0.39 is 27.2 Å². The molecule has 2 aromatic carbocycles. The van der Waals surface area contributed by atoms with Gasteiger partial charge >= 0.3 is 0 Å². The standard InChI is InChI=1S/C14H10ClFO4S/c1-21(19,20)9-3-4-10(11(15)7-9)14(18)8-2-5-13(17)12(16)6-8/h2-7,17H,1H3. The molecule has 0 bridgehead atoms. The van der Waals surface area contributed by atoms with Crippen molar-refractivity contribution in [2.45, 2.75) is 4.90 Å². The van der Waals surface area contributed by atoms with Crippen molar-refractivity contribution in [3.05, 3.63) is 58.4 Å². The number of ketones is 1. The van der Waals surface area contributed by atoms with E-state index in [1.165, 1.54) is 24.3 Å². The first-order chi connectivity index (χ1) is 9.70. The minimum absolute atomic E-state index is 0.000643. The molecule has 0 aliphatic rings. The Labute approximate surface area is 125 Å². The summed E-state index contributed by atoms with van der Waals surface area (Å²) in [6.45, 7) is 0. The molecule has 110 valence electrons. The van der Waals surface area contributed by atoms with Gasteiger partial charge in [0.05, 0.1) is 9.92 Å². The first-order valence-corrected chi connectivity index (χ1v) is 8.00. The molecule has 0 aliphatic heterocycles. The lowest BCUT2D eigenvalue weighted by atomic mass is 10.0. The van der Waals surface area contributed by atoms with E-state index in [1.807, 2.05) is 0 Å². The number of carbonyl (C=O) groups excluding carboxylic acids is 1. The van der Waals surface area contributed by atoms with Crippen LogP contribution >= 0.6 is 11.6 Å². The van der Waals surface area contributed by atoms with E-state index in [-0.39, 0.29) is 21.0 Å². The molecule has 0 saturated heterocycles. The van der Waals surface area contributed by atoms with Gasteiger partial charge in [0.1, 0.15) is 0 Å². The van der Waals surface area contributed by atoms with Gasteiger partial charge in [-0.1, -0.05) is 11.6 Å². The summed E-state index contributed by atoms with van der Waals surface area (Å²) >= 11 is 5.92. The first-order valence-electron chi connectivity index (χ1n) is 5.73. The van der Waals surface area contributed by atoms with Crippen molar-refractivity contribution < 1.29 is 22.7 Å². The Balaban J connectivity index is 2.47. The first kappa shape index (κ1) is 15.5. The van der Waals surface area contributed by atoms with Crippen LogP contribution in [0, 0.1) is 5.82 Å². The number of halogens is 2. The van der Waals surface area contributed by atoms with E-state index in [0.717, 1.165) is 18.4 Å². The highest BCUT2D eigenvalue weighted by atomic mass is 35.5. The van der Waals surface area contributed by atoms with Crippen molar-refractivity contribution in [1.29, 1.82) is 0 Å². The second-order valence-corrected chi connectivity index (χ2v) is 6.83. The van der Waals surface area contributed by atoms with Crippen LogP contribution in [0.25, 0.3) is 0 Å². The average molecular weight is 329 g/mol. The molecule has 7 heteroatoms. The smallest absolute Gasteiger partial charge is 0.194 e. The molecular weight excluding hydrogens is 319 g/mol. The molecule has 0 aliphatic carbocycles. The van der Waals surface area contributed by atoms with Crippen LogP contribution in [0.2, 0.25) is 5.02 Å². The minimum atomic E-state index is -3.43. The summed E-state index contributed by atoms with van der Waals surface area (Å²) in [5, 5.41) is 9.05. The molecular formula is C14H10ClFO4S. The molecule has 0 fully saturated rings. The molecule has 21 heavy (non-hydrogen) atoms. The van der Waals surface area contributed by atoms with Crippen molar-refractivity contribution >= 4 is 27.2 Å². The SMILES string of the molecule is CS(=O)(=O)c1ccc(C(=O)c2ccc(O)c(F)c2)c(Cl)c1. The van der Waals surface area contributed by atoms with Crippen LogP contribution in [0.1, 0.15) is 15.9 Å². The van der Waals surface area contributed by atoms with Gasteiger partial charge in [-0.3, -0.25) is 4.79 Å². The summed E-state index contributed by atoms with van der Waals surface area (Å²) < 4.78 is 36.1. The molecule has 0 heterocycles. The number of hydrogen-bond donors (Lipinski definition) is 1. The minimum Gasteiger partial charge on any atom is -0.505 e. The summed E-state index contributed by atoms with van der Waals surface area (Å²) in [7, 11) is -3.43. The fraction of sp³-hybridized carbons (Fsp3) is 0.0714. The summed E-state index contributed by atoms with van der Waals surface area (Å²) in [6.07, 6.45) is 1.02. The van der Waals surface area contributed by atoms with Crippen LogP contribution in [-0.2, 0) is 9.84 Å². The highest BCUT2D eigenvalue weighted by Gasteiger charge is 2.17. The van der Waals surface area contributed by atoms with Gasteiger partial charge in [0.2, 0.25) is 0 Å². The lowest BCUT2D eigenvalue weighted by Crippen LogP contribution is -2.04. The van der Waals surface area contributed by atoms with Crippen LogP contribution in [0.4, 0.5) is 4.39 Å². The molecule has 0 atom stereocenters. The molecule has 0 spiro atoms. The van der Waals surface area contributed by atoms with Gasteiger partial charge in [-0.2, -0.15) is 0 Å². The lowest BCUT2D eigenvalue weighted by Gasteiger charge is -2.06. The highest BCUT2D eigenvalue weighted by Crippen LogP contribution is 2.25. The fourth-order valence-corrected chi connectivity index (χ4v) is 2.69. The monoisotopic (exact) mass is 328 g/mol. The third-order valence-electron chi connectivity index (χ3n) is 2.82. The second kappa shape index (κ2) is 5.46. The number of phenols is 1. The zero-order valence-electron chi connectivity index (χ0n) is 10.8. The van der Waals surface area contributed by atoms with Gasteiger partial charge < -0.3 is 5.11 Å². The van der Waals surface area contributed by atoms with Crippen molar-refractivity contribution in [2.24, 2.45) is 0 Å². The lowest BCUT2D eigenvalue weighted by molar-refractivity contribution is 0.103. The number of sulfone groups is 1. The van der Waals surface area contributed by atoms with E-state index in [9.17, 15) is 17.6 Å². The van der Waals surface area contributed by atoms with E-state index in [2.05, 4.69) is 0 Å². The number of rotatable bonds is 3. The Hall–Kier alpha value is -1.92. The average Bonchev–Trinajstić information content (AvgIpc) is 2.40. The van der Waals surface area contributed by atoms with Gasteiger partial charge in [0.15, 0.2) is 27.2 Å². The van der Waals surface area contributed by atoms with Gasteiger partial charge in [0.25, 0.3) is 0 Å². The normalized spacial score (nSPS) is 11.4. The van der Waals surface area contributed by atoms with E-state index in [1.54, 1.807) is 0 Å². The van der Waals surface area contributed by atoms with Crippen molar-refractivity contribution in [1.82, 2.24) is 0 Å². The predicted octanol–water partition coefficient (Wildman–Crippen LogP) is 2.82. The summed E-state index contributed by atoms with van der Waals surface area (Å²) in [4.78, 5) is 12.2. The quantitative estimate of drug-likeness (QED) is 0.879. The van der Waals surface area contributed by atoms with Gasteiger partial charge in [-0.15, -0.1) is 0 Å². The van der Waals surface area contributed by atoms with Gasteiger partial charge in [-0.25, -0.2) is 12.8 Å². The zero-order valence-corrected chi connectivity index (χ0v) is 12.4. The summed E-state index contributed by atoms with van der Waals surface area (Å²) in [6, 6.07) is 6.89. The second-order valence-electron chi connectivity index (χ2n) is 4.41. The van der Waals surface area contributed by atoms with Crippen LogP contribution in [0.5, 0.6) is 5.75 Å². The molecule has 0 radical (unpaired) electrons. The molecule has 2 rings (SSSR count). The summed E-state index contributed by atoms with van der Waals surface area (Å²) in [5.74, 6) is -2.06. The fourth-order valence-electron chi connectivity index (χ4n) is 1.71. The molecule has 0 amide bonds. The Morgan fingerprint density at radius 1 is 1.19 bits per heavy atom. The number of benzene rings is 2. The van der Waals surface area contributed by atoms with Crippen molar-refractivity contribution in [2.75, 3.05) is 6.26 Å². The Morgan fingerprint density at radius 2 is 1.86 bits per heavy atom. The van der Waals surface area contributed by atoms with E-state index in [0.29, 0.717) is 0 Å². The maximum absolute atomic E-state index is 13.3. The van der Waals surface area contributed by atoms with E-state index in [4.69, 9.17) is 16.7 Å². The third kappa shape index (κ3) is 3.22.